The van der Waals surface area contributed by atoms with E-state index < -0.39 is 0 Å². The summed E-state index contributed by atoms with van der Waals surface area (Å²) in [6, 6.07) is 4.41. The Balaban J connectivity index is 1.99. The highest BCUT2D eigenvalue weighted by Gasteiger charge is 2.23. The van der Waals surface area contributed by atoms with Crippen LogP contribution >= 0.6 is 94.1 Å². The quantitative estimate of drug-likeness (QED) is 0.297. The lowest BCUT2D eigenvalue weighted by molar-refractivity contribution is 1.24. The van der Waals surface area contributed by atoms with E-state index in [0.29, 0.717) is 12.8 Å². The second kappa shape index (κ2) is 13.1. The molecule has 0 fully saturated rings. The summed E-state index contributed by atoms with van der Waals surface area (Å²) in [5, 5.41) is 17.5. The monoisotopic (exact) mass is 492 g/mol. The van der Waals surface area contributed by atoms with Crippen LogP contribution in [0.3, 0.4) is 0 Å². The average Bonchev–Trinajstić information content (AvgIpc) is 3.24. The Kier molecular flexibility index (Phi) is 11.6. The minimum absolute atomic E-state index is 0.562. The van der Waals surface area contributed by atoms with E-state index in [2.05, 4.69) is 36.8 Å². The Morgan fingerprint density at radius 1 is 0.731 bits per heavy atom. The Bertz CT molecular complexity index is 672. The molecule has 0 spiro atoms. The number of hydrogen-bond acceptors (Lipinski definition) is 10. The average molecular weight is 493 g/mol. The number of thioether (sulfide) groups is 8. The van der Waals surface area contributed by atoms with Crippen LogP contribution < -0.4 is 0 Å². The maximum atomic E-state index is 8.76. The van der Waals surface area contributed by atoms with Gasteiger partial charge in [0.1, 0.15) is 0 Å². The Labute approximate surface area is 189 Å². The molecule has 0 aromatic heterocycles. The molecule has 2 heterocycles. The Morgan fingerprint density at radius 3 is 1.46 bits per heavy atom. The van der Waals surface area contributed by atoms with E-state index >= 15 is 0 Å². The highest BCUT2D eigenvalue weighted by atomic mass is 32.3. The van der Waals surface area contributed by atoms with Crippen molar-refractivity contribution in [3.05, 3.63) is 37.6 Å². The van der Waals surface area contributed by atoms with Gasteiger partial charge in [-0.25, -0.2) is 0 Å². The largest absolute Gasteiger partial charge is 0.198 e. The van der Waals surface area contributed by atoms with Crippen molar-refractivity contribution in [3.8, 4) is 12.1 Å². The first-order valence-electron chi connectivity index (χ1n) is 7.41. The van der Waals surface area contributed by atoms with E-state index in [9.17, 15) is 0 Å². The molecule has 2 aliphatic heterocycles. The molecule has 0 amide bonds. The summed E-state index contributed by atoms with van der Waals surface area (Å²) in [6.07, 6.45) is 9.79. The van der Waals surface area contributed by atoms with E-state index in [1.54, 1.807) is 47.0 Å². The molecular formula is C16H16N2S8. The van der Waals surface area contributed by atoms with Crippen LogP contribution in [0, 0.1) is 22.7 Å². The van der Waals surface area contributed by atoms with Crippen molar-refractivity contribution in [2.45, 2.75) is 12.8 Å². The van der Waals surface area contributed by atoms with Gasteiger partial charge in [-0.15, -0.1) is 47.0 Å². The van der Waals surface area contributed by atoms with Crippen LogP contribution in [-0.2, 0) is 0 Å². The normalized spacial score (nSPS) is 16.9. The fourth-order valence-corrected chi connectivity index (χ4v) is 12.0. The zero-order valence-electron chi connectivity index (χ0n) is 14.1. The summed E-state index contributed by atoms with van der Waals surface area (Å²) in [4.78, 5) is 0. The molecule has 0 atom stereocenters. The maximum absolute atomic E-state index is 8.76. The lowest BCUT2D eigenvalue weighted by Crippen LogP contribution is -1.79. The summed E-state index contributed by atoms with van der Waals surface area (Å²) in [5.41, 5.74) is 0. The molecule has 0 saturated carbocycles. The van der Waals surface area contributed by atoms with Gasteiger partial charge >= 0.3 is 0 Å². The molecule has 0 aromatic carbocycles. The molecule has 26 heavy (non-hydrogen) atoms. The molecular weight excluding hydrogens is 477 g/mol. The lowest BCUT2D eigenvalue weighted by atomic mass is 10.6. The van der Waals surface area contributed by atoms with Crippen LogP contribution in [0.5, 0.6) is 0 Å². The smallest absolute Gasteiger partial charge is 0.0660 e. The third kappa shape index (κ3) is 7.29. The van der Waals surface area contributed by atoms with Crippen LogP contribution in [0.4, 0.5) is 0 Å². The van der Waals surface area contributed by atoms with Crippen LogP contribution in [0.2, 0.25) is 0 Å². The van der Waals surface area contributed by atoms with E-state index in [4.69, 9.17) is 10.5 Å². The van der Waals surface area contributed by atoms with E-state index in [1.807, 2.05) is 47.0 Å². The number of rotatable bonds is 9. The zero-order chi connectivity index (χ0) is 18.8. The fraction of sp³-hybridized carbons (Fsp3) is 0.375. The zero-order valence-corrected chi connectivity index (χ0v) is 20.7. The van der Waals surface area contributed by atoms with E-state index in [1.165, 1.54) is 25.4 Å². The summed E-state index contributed by atoms with van der Waals surface area (Å²) < 4.78 is 7.90. The molecule has 10 heteroatoms. The molecule has 0 aliphatic carbocycles. The standard InChI is InChI=1S/C16H16N2S8/c1-19-13-14(20-2)24-11(23-13)5-6-12-25-15(21-9-3-7-17)16(26-12)22-10-4-8-18/h5-6H,3-4,9-10H2,1-2H3. The maximum Gasteiger partial charge on any atom is 0.0660 e. The SMILES string of the molecule is CSC1=C(SC)SC(=CC=C2SC(SCCC#N)=C(SCCC#N)S2)S1. The Hall–Kier alpha value is 0.740. The van der Waals surface area contributed by atoms with Crippen LogP contribution in [0.15, 0.2) is 37.6 Å². The summed E-state index contributed by atoms with van der Waals surface area (Å²) >= 11 is 14.4. The topological polar surface area (TPSA) is 47.6 Å². The first-order chi connectivity index (χ1) is 12.7. The molecule has 2 rings (SSSR count). The molecule has 0 unspecified atom stereocenters. The van der Waals surface area contributed by atoms with Crippen molar-refractivity contribution >= 4 is 94.1 Å². The first kappa shape index (κ1) is 23.0. The number of allylic oxidation sites excluding steroid dienone is 2. The first-order valence-corrected chi connectivity index (χ1v) is 15.1. The predicted molar refractivity (Wildman–Crippen MR) is 133 cm³/mol. The molecule has 0 N–H and O–H groups in total. The molecule has 0 radical (unpaired) electrons. The van der Waals surface area contributed by atoms with Crippen molar-refractivity contribution in [2.24, 2.45) is 0 Å². The van der Waals surface area contributed by atoms with Gasteiger partial charge < -0.3 is 0 Å². The second-order valence-corrected chi connectivity index (χ2v) is 14.1. The van der Waals surface area contributed by atoms with E-state index in [-0.39, 0.29) is 0 Å². The highest BCUT2D eigenvalue weighted by Crippen LogP contribution is 2.59. The van der Waals surface area contributed by atoms with Gasteiger partial charge in [0.15, 0.2) is 0 Å². The second-order valence-electron chi connectivity index (χ2n) is 4.45. The minimum Gasteiger partial charge on any atom is -0.198 e. The van der Waals surface area contributed by atoms with Gasteiger partial charge in [-0.3, -0.25) is 0 Å². The van der Waals surface area contributed by atoms with Crippen molar-refractivity contribution in [2.75, 3.05) is 24.0 Å². The van der Waals surface area contributed by atoms with Gasteiger partial charge in [0.2, 0.25) is 0 Å². The molecule has 2 nitrogen and oxygen atoms in total. The van der Waals surface area contributed by atoms with Crippen LogP contribution in [0.25, 0.3) is 0 Å². The Morgan fingerprint density at radius 2 is 1.12 bits per heavy atom. The predicted octanol–water partition coefficient (Wildman–Crippen LogP) is 7.90. The van der Waals surface area contributed by atoms with Gasteiger partial charge in [0.25, 0.3) is 0 Å². The van der Waals surface area contributed by atoms with Gasteiger partial charge in [-0.05, 0) is 24.7 Å². The van der Waals surface area contributed by atoms with Gasteiger partial charge in [-0.2, -0.15) is 10.5 Å². The molecule has 0 saturated heterocycles. The van der Waals surface area contributed by atoms with Crippen molar-refractivity contribution in [3.63, 3.8) is 0 Å². The van der Waals surface area contributed by atoms with Crippen molar-refractivity contribution in [1.29, 1.82) is 10.5 Å². The minimum atomic E-state index is 0.562. The number of nitrogens with zero attached hydrogens (tertiary/aromatic N) is 2. The van der Waals surface area contributed by atoms with Crippen molar-refractivity contribution < 1.29 is 0 Å². The van der Waals surface area contributed by atoms with E-state index in [0.717, 1.165) is 11.5 Å². The highest BCUT2D eigenvalue weighted by molar-refractivity contribution is 8.41. The molecule has 2 aliphatic rings. The number of nitriles is 2. The fourth-order valence-electron chi connectivity index (χ4n) is 1.65. The van der Waals surface area contributed by atoms with Gasteiger partial charge in [0, 0.05) is 24.3 Å². The van der Waals surface area contributed by atoms with Crippen LogP contribution in [-0.4, -0.2) is 24.0 Å². The van der Waals surface area contributed by atoms with Gasteiger partial charge in [-0.1, -0.05) is 47.0 Å². The van der Waals surface area contributed by atoms with Gasteiger partial charge in [0.05, 0.1) is 37.6 Å². The van der Waals surface area contributed by atoms with Crippen molar-refractivity contribution in [1.82, 2.24) is 0 Å². The number of hydrogen-bond donors (Lipinski definition) is 0. The molecule has 138 valence electrons. The summed E-state index contributed by atoms with van der Waals surface area (Å²) in [5.74, 6) is 1.64. The molecule has 0 aromatic rings. The summed E-state index contributed by atoms with van der Waals surface area (Å²) in [7, 11) is 0. The third-order valence-electron chi connectivity index (χ3n) is 2.73. The van der Waals surface area contributed by atoms with Crippen LogP contribution in [0.1, 0.15) is 12.8 Å². The lowest BCUT2D eigenvalue weighted by Gasteiger charge is -2.01. The molecule has 0 bridgehead atoms. The summed E-state index contributed by atoms with van der Waals surface area (Å²) in [6.45, 7) is 0. The third-order valence-corrected chi connectivity index (χ3v) is 13.3.